The van der Waals surface area contributed by atoms with E-state index in [9.17, 15) is 18.0 Å². The molecule has 0 radical (unpaired) electrons. The van der Waals surface area contributed by atoms with E-state index in [0.29, 0.717) is 6.92 Å². The van der Waals surface area contributed by atoms with Crippen molar-refractivity contribution in [3.63, 3.8) is 0 Å². The van der Waals surface area contributed by atoms with Gasteiger partial charge in [0, 0.05) is 18.4 Å². The van der Waals surface area contributed by atoms with Gasteiger partial charge in [-0.1, -0.05) is 19.9 Å². The first-order valence-electron chi connectivity index (χ1n) is 4.95. The Morgan fingerprint density at radius 2 is 1.88 bits per heavy atom. The summed E-state index contributed by atoms with van der Waals surface area (Å²) in [5.41, 5.74) is -0.562. The molecule has 1 aromatic carbocycles. The van der Waals surface area contributed by atoms with Gasteiger partial charge in [-0.3, -0.25) is 4.79 Å². The third-order valence-corrected chi connectivity index (χ3v) is 2.27. The molecule has 1 aromatic rings. The Kier molecular flexibility index (Phi) is 3.41. The summed E-state index contributed by atoms with van der Waals surface area (Å²) >= 11 is 0. The highest BCUT2D eigenvalue weighted by Crippen LogP contribution is 2.28. The minimum atomic E-state index is -3.10. The molecule has 4 heteroatoms. The monoisotopic (exact) mass is 230 g/mol. The molecule has 0 saturated heterocycles. The van der Waals surface area contributed by atoms with Crippen LogP contribution >= 0.6 is 0 Å². The minimum Gasteiger partial charge on any atom is -0.294 e. The predicted octanol–water partition coefficient (Wildman–Crippen LogP) is 3.78. The molecular formula is C12H13F3O. The van der Waals surface area contributed by atoms with Crippen LogP contribution in [0.15, 0.2) is 18.2 Å². The first kappa shape index (κ1) is 12.7. The molecule has 0 amide bonds. The molecule has 0 atom stereocenters. The van der Waals surface area contributed by atoms with E-state index in [1.54, 1.807) is 13.8 Å². The molecule has 0 saturated carbocycles. The summed E-state index contributed by atoms with van der Waals surface area (Å²) < 4.78 is 39.2. The Labute approximate surface area is 92.3 Å². The van der Waals surface area contributed by atoms with Crippen molar-refractivity contribution < 1.29 is 18.0 Å². The first-order valence-corrected chi connectivity index (χ1v) is 4.95. The summed E-state index contributed by atoms with van der Waals surface area (Å²) in [5, 5.41) is 0. The molecule has 0 N–H and O–H groups in total. The summed E-state index contributed by atoms with van der Waals surface area (Å²) in [6.45, 7) is 3.94. The van der Waals surface area contributed by atoms with Gasteiger partial charge in [-0.05, 0) is 12.1 Å². The maximum Gasteiger partial charge on any atom is 0.270 e. The van der Waals surface area contributed by atoms with Crippen molar-refractivity contribution in [1.29, 1.82) is 0 Å². The second kappa shape index (κ2) is 4.28. The topological polar surface area (TPSA) is 17.1 Å². The van der Waals surface area contributed by atoms with E-state index in [1.165, 1.54) is 0 Å². The fourth-order valence-corrected chi connectivity index (χ4v) is 1.30. The Morgan fingerprint density at radius 1 is 1.31 bits per heavy atom. The van der Waals surface area contributed by atoms with Crippen molar-refractivity contribution in [3.8, 4) is 0 Å². The number of carbonyl (C=O) groups excluding carboxylic acids is 1. The maximum atomic E-state index is 13.4. The van der Waals surface area contributed by atoms with E-state index in [0.717, 1.165) is 18.2 Å². The van der Waals surface area contributed by atoms with Crippen LogP contribution in [0.3, 0.4) is 0 Å². The van der Waals surface area contributed by atoms with E-state index in [1.807, 2.05) is 0 Å². The molecular weight excluding hydrogens is 217 g/mol. The normalized spacial score (nSPS) is 11.9. The molecule has 1 nitrogen and oxygen atoms in total. The number of halogens is 3. The molecule has 0 aliphatic carbocycles. The third kappa shape index (κ3) is 2.62. The Bertz CT molecular complexity index is 405. The summed E-state index contributed by atoms with van der Waals surface area (Å²) in [6.07, 6.45) is 0. The number of rotatable bonds is 3. The van der Waals surface area contributed by atoms with Gasteiger partial charge in [0.15, 0.2) is 5.78 Å². The fraction of sp³-hybridized carbons (Fsp3) is 0.417. The van der Waals surface area contributed by atoms with Crippen LogP contribution < -0.4 is 0 Å². The number of ketones is 1. The van der Waals surface area contributed by atoms with Gasteiger partial charge in [0.25, 0.3) is 5.92 Å². The predicted molar refractivity (Wildman–Crippen MR) is 55.1 cm³/mol. The van der Waals surface area contributed by atoms with Crippen LogP contribution in [0.4, 0.5) is 13.2 Å². The highest BCUT2D eigenvalue weighted by atomic mass is 19.3. The fourth-order valence-electron chi connectivity index (χ4n) is 1.30. The smallest absolute Gasteiger partial charge is 0.270 e. The second-order valence-corrected chi connectivity index (χ2v) is 4.10. The van der Waals surface area contributed by atoms with E-state index < -0.39 is 17.3 Å². The van der Waals surface area contributed by atoms with Gasteiger partial charge in [0.1, 0.15) is 5.82 Å². The van der Waals surface area contributed by atoms with E-state index >= 15 is 0 Å². The highest BCUT2D eigenvalue weighted by molar-refractivity contribution is 5.97. The quantitative estimate of drug-likeness (QED) is 0.722. The molecule has 0 unspecified atom stereocenters. The molecule has 88 valence electrons. The van der Waals surface area contributed by atoms with Crippen LogP contribution in [-0.4, -0.2) is 5.78 Å². The van der Waals surface area contributed by atoms with Crippen molar-refractivity contribution in [3.05, 3.63) is 35.1 Å². The molecule has 0 aliphatic rings. The lowest BCUT2D eigenvalue weighted by atomic mass is 9.98. The van der Waals surface area contributed by atoms with Crippen molar-refractivity contribution in [2.24, 2.45) is 5.92 Å². The molecule has 0 spiro atoms. The summed E-state index contributed by atoms with van der Waals surface area (Å²) in [5.74, 6) is -4.73. The van der Waals surface area contributed by atoms with Crippen molar-refractivity contribution in [2.45, 2.75) is 26.7 Å². The summed E-state index contributed by atoms with van der Waals surface area (Å²) in [7, 11) is 0. The largest absolute Gasteiger partial charge is 0.294 e. The Morgan fingerprint density at radius 3 is 2.25 bits per heavy atom. The zero-order valence-corrected chi connectivity index (χ0v) is 9.35. The second-order valence-electron chi connectivity index (χ2n) is 4.10. The molecule has 0 fully saturated rings. The highest BCUT2D eigenvalue weighted by Gasteiger charge is 2.26. The number of Topliss-reactive ketones (excluding diaryl/α,β-unsaturated/α-hetero) is 1. The van der Waals surface area contributed by atoms with Crippen LogP contribution in [0.1, 0.15) is 36.7 Å². The van der Waals surface area contributed by atoms with Crippen molar-refractivity contribution in [1.82, 2.24) is 0 Å². The minimum absolute atomic E-state index is 0.136. The number of benzene rings is 1. The Hall–Kier alpha value is -1.32. The standard InChI is InChI=1S/C12H13F3O/c1-7(2)11(16)9-5-4-8(6-10(9)13)12(3,14)15/h4-7H,1-3H3. The zero-order chi connectivity index (χ0) is 12.5. The zero-order valence-electron chi connectivity index (χ0n) is 9.35. The van der Waals surface area contributed by atoms with Crippen molar-refractivity contribution >= 4 is 5.78 Å². The first-order chi connectivity index (χ1) is 7.23. The van der Waals surface area contributed by atoms with Gasteiger partial charge in [-0.15, -0.1) is 0 Å². The van der Waals surface area contributed by atoms with E-state index in [-0.39, 0.29) is 17.3 Å². The average molecular weight is 230 g/mol. The van der Waals surface area contributed by atoms with Crippen LogP contribution in [0.5, 0.6) is 0 Å². The maximum absolute atomic E-state index is 13.4. The van der Waals surface area contributed by atoms with Gasteiger partial charge >= 0.3 is 0 Å². The van der Waals surface area contributed by atoms with Gasteiger partial charge in [-0.25, -0.2) is 13.2 Å². The molecule has 0 bridgehead atoms. The van der Waals surface area contributed by atoms with E-state index in [4.69, 9.17) is 0 Å². The lowest BCUT2D eigenvalue weighted by Crippen LogP contribution is -2.12. The number of carbonyl (C=O) groups is 1. The SMILES string of the molecule is CC(C)C(=O)c1ccc(C(C)(F)F)cc1F. The number of hydrogen-bond acceptors (Lipinski definition) is 1. The Balaban J connectivity index is 3.15. The third-order valence-electron chi connectivity index (χ3n) is 2.27. The van der Waals surface area contributed by atoms with Gasteiger partial charge in [0.05, 0.1) is 5.56 Å². The lowest BCUT2D eigenvalue weighted by Gasteiger charge is -2.12. The van der Waals surface area contributed by atoms with Crippen molar-refractivity contribution in [2.75, 3.05) is 0 Å². The van der Waals surface area contributed by atoms with Gasteiger partial charge in [0.2, 0.25) is 0 Å². The molecule has 1 rings (SSSR count). The molecule has 0 aliphatic heterocycles. The van der Waals surface area contributed by atoms with Crippen LogP contribution in [-0.2, 0) is 5.92 Å². The van der Waals surface area contributed by atoms with E-state index in [2.05, 4.69) is 0 Å². The summed E-state index contributed by atoms with van der Waals surface area (Å²) in [6, 6.07) is 2.92. The number of hydrogen-bond donors (Lipinski definition) is 0. The van der Waals surface area contributed by atoms with Crippen LogP contribution in [0.25, 0.3) is 0 Å². The molecule has 16 heavy (non-hydrogen) atoms. The summed E-state index contributed by atoms with van der Waals surface area (Å²) in [4.78, 5) is 11.5. The van der Waals surface area contributed by atoms with Crippen LogP contribution in [0.2, 0.25) is 0 Å². The van der Waals surface area contributed by atoms with Gasteiger partial charge in [-0.2, -0.15) is 0 Å². The number of alkyl halides is 2. The lowest BCUT2D eigenvalue weighted by molar-refractivity contribution is 0.0171. The molecule has 0 aromatic heterocycles. The average Bonchev–Trinajstić information content (AvgIpc) is 2.15. The molecule has 0 heterocycles. The van der Waals surface area contributed by atoms with Crippen LogP contribution in [0, 0.1) is 11.7 Å². The van der Waals surface area contributed by atoms with Gasteiger partial charge < -0.3 is 0 Å².